The summed E-state index contributed by atoms with van der Waals surface area (Å²) in [5.74, 6) is 0.699. The number of carbonyl (C=O) groups is 2. The van der Waals surface area contributed by atoms with E-state index in [0.717, 1.165) is 0 Å². The molecule has 0 bridgehead atoms. The lowest BCUT2D eigenvalue weighted by atomic mass is 10.1. The van der Waals surface area contributed by atoms with Crippen LogP contribution in [0.1, 0.15) is 26.5 Å². The molecule has 0 atom stereocenters. The maximum Gasteiger partial charge on any atom is 0.261 e. The number of nitrogens with zero attached hydrogens (tertiary/aromatic N) is 4. The van der Waals surface area contributed by atoms with E-state index in [1.165, 1.54) is 28.8 Å². The Morgan fingerprint density at radius 2 is 1.71 bits per heavy atom. The third kappa shape index (κ3) is 4.36. The van der Waals surface area contributed by atoms with Crippen molar-refractivity contribution in [3.8, 4) is 5.75 Å². The molecule has 0 spiro atoms. The molecule has 0 fully saturated rings. The molecule has 0 unspecified atom stereocenters. The van der Waals surface area contributed by atoms with Gasteiger partial charge >= 0.3 is 0 Å². The molecule has 9 heteroatoms. The Labute approximate surface area is 182 Å². The number of amides is 2. The molecule has 0 saturated carbocycles. The van der Waals surface area contributed by atoms with Crippen LogP contribution < -0.4 is 4.74 Å². The van der Waals surface area contributed by atoms with Crippen LogP contribution in [0, 0.1) is 5.82 Å². The van der Waals surface area contributed by atoms with Crippen LogP contribution in [-0.2, 0) is 13.2 Å². The first-order valence-corrected chi connectivity index (χ1v) is 10.6. The van der Waals surface area contributed by atoms with Crippen molar-refractivity contribution in [2.75, 3.05) is 12.3 Å². The van der Waals surface area contributed by atoms with Gasteiger partial charge in [0, 0.05) is 18.8 Å². The molecule has 0 aliphatic carbocycles. The first-order chi connectivity index (χ1) is 15.1. The highest BCUT2D eigenvalue weighted by molar-refractivity contribution is 7.99. The van der Waals surface area contributed by atoms with E-state index in [0.29, 0.717) is 40.2 Å². The summed E-state index contributed by atoms with van der Waals surface area (Å²) in [6.45, 7) is 4.66. The highest BCUT2D eigenvalue weighted by Gasteiger charge is 2.34. The Bertz CT molecular complexity index is 1100. The highest BCUT2D eigenvalue weighted by Crippen LogP contribution is 2.24. The monoisotopic (exact) mass is 438 g/mol. The first kappa shape index (κ1) is 20.8. The van der Waals surface area contributed by atoms with Gasteiger partial charge in [-0.1, -0.05) is 30.0 Å². The number of imide groups is 1. The zero-order valence-corrected chi connectivity index (χ0v) is 17.3. The van der Waals surface area contributed by atoms with Gasteiger partial charge in [0.1, 0.15) is 18.2 Å². The average Bonchev–Trinajstić information content (AvgIpc) is 3.27. The maximum atomic E-state index is 13.0. The number of thioether (sulfide) groups is 1. The summed E-state index contributed by atoms with van der Waals surface area (Å²) in [4.78, 5) is 26.2. The molecule has 0 N–H and O–H groups in total. The van der Waals surface area contributed by atoms with E-state index in [9.17, 15) is 14.0 Å². The molecule has 3 aromatic rings. The van der Waals surface area contributed by atoms with E-state index in [1.807, 2.05) is 4.57 Å². The molecule has 2 heterocycles. The highest BCUT2D eigenvalue weighted by atomic mass is 32.2. The molecule has 0 saturated heterocycles. The number of hydrogen-bond donors (Lipinski definition) is 0. The summed E-state index contributed by atoms with van der Waals surface area (Å²) < 4.78 is 20.5. The Morgan fingerprint density at radius 1 is 1.03 bits per heavy atom. The summed E-state index contributed by atoms with van der Waals surface area (Å²) in [7, 11) is 0. The number of fused-ring (bicyclic) bond motifs is 1. The Morgan fingerprint density at radius 3 is 2.35 bits per heavy atom. The topological polar surface area (TPSA) is 77.3 Å². The molecular weight excluding hydrogens is 419 g/mol. The summed E-state index contributed by atoms with van der Waals surface area (Å²) in [6, 6.07) is 12.6. The zero-order valence-electron chi connectivity index (χ0n) is 16.5. The number of allylic oxidation sites excluding steroid dienone is 1. The van der Waals surface area contributed by atoms with Crippen molar-refractivity contribution in [1.82, 2.24) is 19.7 Å². The van der Waals surface area contributed by atoms with Gasteiger partial charge in [-0.3, -0.25) is 19.1 Å². The Kier molecular flexibility index (Phi) is 6.13. The third-order valence-corrected chi connectivity index (χ3v) is 5.66. The van der Waals surface area contributed by atoms with E-state index in [4.69, 9.17) is 4.74 Å². The standard InChI is InChI=1S/C22H19FN4O3S/c1-2-11-26-19(14-30-16-9-7-15(23)8-10-16)24-25-22(26)31-13-12-27-20(28)17-5-3-4-6-18(17)21(27)29/h2-10H,1,11-14H2. The largest absolute Gasteiger partial charge is 0.486 e. The van der Waals surface area contributed by atoms with Crippen LogP contribution in [0.5, 0.6) is 5.75 Å². The number of aromatic nitrogens is 3. The van der Waals surface area contributed by atoms with Crippen molar-refractivity contribution in [3.63, 3.8) is 0 Å². The van der Waals surface area contributed by atoms with Gasteiger partial charge in [0.2, 0.25) is 0 Å². The molecule has 2 amide bonds. The van der Waals surface area contributed by atoms with Crippen LogP contribution >= 0.6 is 11.8 Å². The van der Waals surface area contributed by atoms with Crippen molar-refractivity contribution in [2.45, 2.75) is 18.3 Å². The van der Waals surface area contributed by atoms with Gasteiger partial charge in [-0.2, -0.15) is 0 Å². The van der Waals surface area contributed by atoms with E-state index >= 15 is 0 Å². The van der Waals surface area contributed by atoms with E-state index in [2.05, 4.69) is 16.8 Å². The van der Waals surface area contributed by atoms with Crippen molar-refractivity contribution < 1.29 is 18.7 Å². The quantitative estimate of drug-likeness (QED) is 0.289. The molecule has 2 aromatic carbocycles. The van der Waals surface area contributed by atoms with Crippen LogP contribution in [0.3, 0.4) is 0 Å². The second-order valence-electron chi connectivity index (χ2n) is 6.70. The number of ether oxygens (including phenoxy) is 1. The molecule has 1 aromatic heterocycles. The Balaban J connectivity index is 1.38. The normalized spacial score (nSPS) is 12.9. The average molecular weight is 438 g/mol. The van der Waals surface area contributed by atoms with Crippen LogP contribution in [0.25, 0.3) is 0 Å². The lowest BCUT2D eigenvalue weighted by molar-refractivity contribution is 0.0664. The lowest BCUT2D eigenvalue weighted by Gasteiger charge is -2.13. The summed E-state index contributed by atoms with van der Waals surface area (Å²) >= 11 is 1.39. The van der Waals surface area contributed by atoms with Crippen molar-refractivity contribution >= 4 is 23.6 Å². The number of rotatable bonds is 9. The minimum atomic E-state index is -0.334. The summed E-state index contributed by atoms with van der Waals surface area (Å²) in [5, 5.41) is 9.01. The fourth-order valence-corrected chi connectivity index (χ4v) is 4.08. The maximum absolute atomic E-state index is 13.0. The van der Waals surface area contributed by atoms with Crippen LogP contribution in [-0.4, -0.2) is 43.8 Å². The zero-order chi connectivity index (χ0) is 21.8. The minimum absolute atomic E-state index is 0.158. The molecule has 1 aliphatic rings. The summed E-state index contributed by atoms with van der Waals surface area (Å²) in [5.41, 5.74) is 0.875. The van der Waals surface area contributed by atoms with Gasteiger partial charge in [-0.25, -0.2) is 4.39 Å². The SMILES string of the molecule is C=CCn1c(COc2ccc(F)cc2)nnc1SCCN1C(=O)c2ccccc2C1=O. The second kappa shape index (κ2) is 9.13. The number of carbonyl (C=O) groups excluding carboxylic acids is 2. The third-order valence-electron chi connectivity index (χ3n) is 4.71. The van der Waals surface area contributed by atoms with Crippen molar-refractivity contribution in [1.29, 1.82) is 0 Å². The van der Waals surface area contributed by atoms with Gasteiger partial charge < -0.3 is 4.74 Å². The molecule has 7 nitrogen and oxygen atoms in total. The minimum Gasteiger partial charge on any atom is -0.486 e. The van der Waals surface area contributed by atoms with Gasteiger partial charge in [-0.05, 0) is 36.4 Å². The van der Waals surface area contributed by atoms with E-state index in [1.54, 1.807) is 42.5 Å². The van der Waals surface area contributed by atoms with Crippen LogP contribution in [0.15, 0.2) is 66.3 Å². The number of benzene rings is 2. The molecule has 1 aliphatic heterocycles. The van der Waals surface area contributed by atoms with Gasteiger partial charge in [0.25, 0.3) is 11.8 Å². The molecular formula is C22H19FN4O3S. The molecule has 0 radical (unpaired) electrons. The van der Waals surface area contributed by atoms with Gasteiger partial charge in [-0.15, -0.1) is 16.8 Å². The van der Waals surface area contributed by atoms with Gasteiger partial charge in [0.05, 0.1) is 11.1 Å². The predicted molar refractivity (Wildman–Crippen MR) is 113 cm³/mol. The second-order valence-corrected chi connectivity index (χ2v) is 7.76. The van der Waals surface area contributed by atoms with Crippen LogP contribution in [0.2, 0.25) is 0 Å². The number of hydrogen-bond acceptors (Lipinski definition) is 6. The van der Waals surface area contributed by atoms with Crippen LogP contribution in [0.4, 0.5) is 4.39 Å². The van der Waals surface area contributed by atoms with E-state index in [-0.39, 0.29) is 30.8 Å². The van der Waals surface area contributed by atoms with E-state index < -0.39 is 0 Å². The Hall–Kier alpha value is -3.46. The predicted octanol–water partition coefficient (Wildman–Crippen LogP) is 3.57. The van der Waals surface area contributed by atoms with Gasteiger partial charge in [0.15, 0.2) is 11.0 Å². The number of halogens is 1. The molecule has 158 valence electrons. The first-order valence-electron chi connectivity index (χ1n) is 9.58. The fourth-order valence-electron chi connectivity index (χ4n) is 3.19. The molecule has 4 rings (SSSR count). The lowest BCUT2D eigenvalue weighted by Crippen LogP contribution is -2.31. The van der Waals surface area contributed by atoms with Crippen molar-refractivity contribution in [3.05, 3.63) is 84.0 Å². The fraction of sp³-hybridized carbons (Fsp3) is 0.182. The van der Waals surface area contributed by atoms with Crippen molar-refractivity contribution in [2.24, 2.45) is 0 Å². The summed E-state index contributed by atoms with van der Waals surface area (Å²) in [6.07, 6.45) is 1.72. The molecule has 31 heavy (non-hydrogen) atoms. The smallest absolute Gasteiger partial charge is 0.261 e.